The number of carbonyl (C=O) groups is 1. The van der Waals surface area contributed by atoms with E-state index < -0.39 is 0 Å². The maximum Gasteiger partial charge on any atom is 0.270 e. The average molecular weight is 344 g/mol. The minimum atomic E-state index is -0.266. The third-order valence-corrected chi connectivity index (χ3v) is 3.17. The van der Waals surface area contributed by atoms with Crippen LogP contribution in [0.25, 0.3) is 0 Å². The molecule has 2 rings (SSSR count). The van der Waals surface area contributed by atoms with Gasteiger partial charge in [-0.2, -0.15) is 0 Å². The van der Waals surface area contributed by atoms with E-state index in [-0.39, 0.29) is 12.0 Å². The maximum atomic E-state index is 12.2. The van der Waals surface area contributed by atoms with Crippen LogP contribution < -0.4 is 15.4 Å². The standard InChI is InChI=1S/C18H24N4O3/c1-12(2)25-16-8-6-5-7-14(16)21-18-20-13(3)11-15(22-18)17(23)19-9-10-24-4/h5-8,11-12H,9-10H2,1-4H3,(H,19,23)(H,20,21,22). The highest BCUT2D eigenvalue weighted by atomic mass is 16.5. The Morgan fingerprint density at radius 3 is 2.72 bits per heavy atom. The van der Waals surface area contributed by atoms with Crippen molar-refractivity contribution >= 4 is 17.5 Å². The van der Waals surface area contributed by atoms with E-state index >= 15 is 0 Å². The number of para-hydroxylation sites is 2. The molecule has 7 heteroatoms. The van der Waals surface area contributed by atoms with Crippen molar-refractivity contribution in [1.29, 1.82) is 0 Å². The predicted octanol–water partition coefficient (Wildman–Crippen LogP) is 2.69. The SMILES string of the molecule is COCCNC(=O)c1cc(C)nc(Nc2ccccc2OC(C)C)n1. The van der Waals surface area contributed by atoms with Gasteiger partial charge in [0.1, 0.15) is 11.4 Å². The third-order valence-electron chi connectivity index (χ3n) is 3.17. The van der Waals surface area contributed by atoms with Gasteiger partial charge in [0.05, 0.1) is 18.4 Å². The molecule has 25 heavy (non-hydrogen) atoms. The summed E-state index contributed by atoms with van der Waals surface area (Å²) < 4.78 is 10.7. The molecule has 1 amide bonds. The van der Waals surface area contributed by atoms with Gasteiger partial charge in [-0.25, -0.2) is 9.97 Å². The number of ether oxygens (including phenoxy) is 2. The summed E-state index contributed by atoms with van der Waals surface area (Å²) in [4.78, 5) is 20.8. The normalized spacial score (nSPS) is 10.6. The number of aromatic nitrogens is 2. The first-order valence-electron chi connectivity index (χ1n) is 8.15. The van der Waals surface area contributed by atoms with Crippen molar-refractivity contribution in [3.63, 3.8) is 0 Å². The third kappa shape index (κ3) is 5.72. The molecule has 0 atom stereocenters. The Balaban J connectivity index is 2.19. The summed E-state index contributed by atoms with van der Waals surface area (Å²) in [5, 5.41) is 5.88. The van der Waals surface area contributed by atoms with Gasteiger partial charge in [-0.3, -0.25) is 4.79 Å². The molecular weight excluding hydrogens is 320 g/mol. The Morgan fingerprint density at radius 2 is 2.00 bits per heavy atom. The number of nitrogens with zero attached hydrogens (tertiary/aromatic N) is 2. The molecule has 0 aliphatic rings. The van der Waals surface area contributed by atoms with Crippen molar-refractivity contribution in [2.75, 3.05) is 25.6 Å². The second kappa shape index (κ2) is 8.98. The van der Waals surface area contributed by atoms with E-state index in [4.69, 9.17) is 9.47 Å². The van der Waals surface area contributed by atoms with Gasteiger partial charge in [0.2, 0.25) is 5.95 Å². The van der Waals surface area contributed by atoms with Crippen LogP contribution in [0.4, 0.5) is 11.6 Å². The molecule has 7 nitrogen and oxygen atoms in total. The maximum absolute atomic E-state index is 12.2. The number of rotatable bonds is 8. The summed E-state index contributed by atoms with van der Waals surface area (Å²) >= 11 is 0. The molecule has 0 saturated heterocycles. The molecule has 2 N–H and O–H groups in total. The molecule has 2 aromatic rings. The second-order valence-electron chi connectivity index (χ2n) is 5.75. The fraction of sp³-hybridized carbons (Fsp3) is 0.389. The topological polar surface area (TPSA) is 85.4 Å². The number of hydrogen-bond acceptors (Lipinski definition) is 6. The average Bonchev–Trinajstić information content (AvgIpc) is 2.56. The number of hydrogen-bond donors (Lipinski definition) is 2. The zero-order valence-corrected chi connectivity index (χ0v) is 15.0. The lowest BCUT2D eigenvalue weighted by molar-refractivity contribution is 0.0932. The summed E-state index contributed by atoms with van der Waals surface area (Å²) in [6, 6.07) is 9.18. The highest BCUT2D eigenvalue weighted by molar-refractivity contribution is 5.92. The van der Waals surface area contributed by atoms with Gasteiger partial charge < -0.3 is 20.1 Å². The van der Waals surface area contributed by atoms with E-state index in [1.54, 1.807) is 13.2 Å². The molecule has 0 aliphatic heterocycles. The molecule has 0 fully saturated rings. The van der Waals surface area contributed by atoms with E-state index in [0.717, 1.165) is 5.69 Å². The van der Waals surface area contributed by atoms with Crippen molar-refractivity contribution in [3.05, 3.63) is 41.7 Å². The highest BCUT2D eigenvalue weighted by Crippen LogP contribution is 2.27. The molecule has 0 aliphatic carbocycles. The molecule has 0 spiro atoms. The summed E-state index contributed by atoms with van der Waals surface area (Å²) in [5.41, 5.74) is 1.73. The van der Waals surface area contributed by atoms with Gasteiger partial charge >= 0.3 is 0 Å². The van der Waals surface area contributed by atoms with Crippen molar-refractivity contribution < 1.29 is 14.3 Å². The van der Waals surface area contributed by atoms with Gasteiger partial charge in [-0.05, 0) is 39.0 Å². The Bertz CT molecular complexity index is 719. The van der Waals surface area contributed by atoms with Crippen molar-refractivity contribution in [3.8, 4) is 5.75 Å². The van der Waals surface area contributed by atoms with E-state index in [1.807, 2.05) is 45.0 Å². The van der Waals surface area contributed by atoms with E-state index in [1.165, 1.54) is 0 Å². The fourth-order valence-electron chi connectivity index (χ4n) is 2.15. The Labute approximate surface area is 147 Å². The largest absolute Gasteiger partial charge is 0.489 e. The highest BCUT2D eigenvalue weighted by Gasteiger charge is 2.12. The van der Waals surface area contributed by atoms with Gasteiger partial charge in [-0.15, -0.1) is 0 Å². The Kier molecular flexibility index (Phi) is 6.71. The molecule has 134 valence electrons. The lowest BCUT2D eigenvalue weighted by Gasteiger charge is -2.15. The zero-order valence-electron chi connectivity index (χ0n) is 15.0. The molecule has 0 bridgehead atoms. The number of aryl methyl sites for hydroxylation is 1. The van der Waals surface area contributed by atoms with Crippen molar-refractivity contribution in [2.45, 2.75) is 26.9 Å². The van der Waals surface area contributed by atoms with Crippen LogP contribution in [0.3, 0.4) is 0 Å². The fourth-order valence-corrected chi connectivity index (χ4v) is 2.15. The van der Waals surface area contributed by atoms with Crippen LogP contribution in [0.5, 0.6) is 5.75 Å². The second-order valence-corrected chi connectivity index (χ2v) is 5.75. The number of nitrogens with one attached hydrogen (secondary N) is 2. The molecule has 0 radical (unpaired) electrons. The lowest BCUT2D eigenvalue weighted by Crippen LogP contribution is -2.28. The van der Waals surface area contributed by atoms with E-state index in [9.17, 15) is 4.79 Å². The number of anilines is 2. The minimum Gasteiger partial charge on any atom is -0.489 e. The first kappa shape index (κ1) is 18.7. The predicted molar refractivity (Wildman–Crippen MR) is 96.5 cm³/mol. The quantitative estimate of drug-likeness (QED) is 0.716. The zero-order chi connectivity index (χ0) is 18.2. The molecule has 0 unspecified atom stereocenters. The van der Waals surface area contributed by atoms with Crippen molar-refractivity contribution in [1.82, 2.24) is 15.3 Å². The van der Waals surface area contributed by atoms with E-state index in [0.29, 0.717) is 36.2 Å². The number of amides is 1. The van der Waals surface area contributed by atoms with Gasteiger partial charge in [0.25, 0.3) is 5.91 Å². The van der Waals surface area contributed by atoms with E-state index in [2.05, 4.69) is 20.6 Å². The van der Waals surface area contributed by atoms with Crippen LogP contribution in [-0.4, -0.2) is 42.2 Å². The smallest absolute Gasteiger partial charge is 0.270 e. The van der Waals surface area contributed by atoms with Crippen LogP contribution in [0.1, 0.15) is 30.0 Å². The number of benzene rings is 1. The summed E-state index contributed by atoms with van der Waals surface area (Å²) in [6.45, 7) is 6.60. The van der Waals surface area contributed by atoms with Crippen LogP contribution in [0.15, 0.2) is 30.3 Å². The Morgan fingerprint density at radius 1 is 1.24 bits per heavy atom. The lowest BCUT2D eigenvalue weighted by atomic mass is 10.3. The molecule has 0 saturated carbocycles. The monoisotopic (exact) mass is 344 g/mol. The summed E-state index contributed by atoms with van der Waals surface area (Å²) in [7, 11) is 1.58. The Hall–Kier alpha value is -2.67. The molecule has 1 aromatic carbocycles. The number of carbonyl (C=O) groups excluding carboxylic acids is 1. The van der Waals surface area contributed by atoms with Gasteiger partial charge in [-0.1, -0.05) is 12.1 Å². The first-order valence-corrected chi connectivity index (χ1v) is 8.15. The van der Waals surface area contributed by atoms with Crippen LogP contribution >= 0.6 is 0 Å². The van der Waals surface area contributed by atoms with Crippen LogP contribution in [0.2, 0.25) is 0 Å². The van der Waals surface area contributed by atoms with Crippen LogP contribution in [-0.2, 0) is 4.74 Å². The molecule has 1 heterocycles. The van der Waals surface area contributed by atoms with Gasteiger partial charge in [0, 0.05) is 19.3 Å². The van der Waals surface area contributed by atoms with Crippen LogP contribution in [0, 0.1) is 6.92 Å². The molecule has 1 aromatic heterocycles. The minimum absolute atomic E-state index is 0.0449. The molecular formula is C18H24N4O3. The summed E-state index contributed by atoms with van der Waals surface area (Å²) in [6.07, 6.45) is 0.0449. The number of methoxy groups -OCH3 is 1. The summed E-state index contributed by atoms with van der Waals surface area (Å²) in [5.74, 6) is 0.780. The van der Waals surface area contributed by atoms with Crippen molar-refractivity contribution in [2.24, 2.45) is 0 Å². The first-order chi connectivity index (χ1) is 12.0. The van der Waals surface area contributed by atoms with Gasteiger partial charge in [0.15, 0.2) is 0 Å².